The Bertz CT molecular complexity index is 1290. The second kappa shape index (κ2) is 7.51. The van der Waals surface area contributed by atoms with Crippen LogP contribution in [0.5, 0.6) is 0 Å². The van der Waals surface area contributed by atoms with Crippen LogP contribution < -0.4 is 10.9 Å². The lowest BCUT2D eigenvalue weighted by atomic mass is 10.1. The highest BCUT2D eigenvalue weighted by Gasteiger charge is 2.15. The molecule has 144 valence electrons. The largest absolute Gasteiger partial charge is 0.328 e. The van der Waals surface area contributed by atoms with Gasteiger partial charge in [0.2, 0.25) is 0 Å². The van der Waals surface area contributed by atoms with Gasteiger partial charge in [0, 0.05) is 17.6 Å². The monoisotopic (exact) mass is 392 g/mol. The molecule has 0 radical (unpaired) electrons. The van der Waals surface area contributed by atoms with E-state index in [9.17, 15) is 18.4 Å². The molecular formula is C21H14F2N4O2. The van der Waals surface area contributed by atoms with Gasteiger partial charge >= 0.3 is 0 Å². The van der Waals surface area contributed by atoms with E-state index in [0.29, 0.717) is 16.6 Å². The van der Waals surface area contributed by atoms with Crippen molar-refractivity contribution in [3.63, 3.8) is 0 Å². The maximum absolute atomic E-state index is 14.4. The van der Waals surface area contributed by atoms with Crippen molar-refractivity contribution < 1.29 is 13.6 Å². The summed E-state index contributed by atoms with van der Waals surface area (Å²) in [6.07, 6.45) is 4.83. The highest BCUT2D eigenvalue weighted by molar-refractivity contribution is 6.05. The Balaban J connectivity index is 1.66. The molecule has 8 heteroatoms. The van der Waals surface area contributed by atoms with Crippen molar-refractivity contribution in [1.29, 1.82) is 0 Å². The predicted octanol–water partition coefficient (Wildman–Crippen LogP) is 3.95. The van der Waals surface area contributed by atoms with Crippen LogP contribution in [0, 0.1) is 11.6 Å². The summed E-state index contributed by atoms with van der Waals surface area (Å²) in [4.78, 5) is 26.5. The number of hydrogen-bond donors (Lipinski definition) is 3. The number of halogens is 2. The van der Waals surface area contributed by atoms with Crippen LogP contribution in [0.2, 0.25) is 0 Å². The van der Waals surface area contributed by atoms with E-state index < -0.39 is 17.3 Å². The minimum Gasteiger partial charge on any atom is -0.328 e. The fourth-order valence-electron chi connectivity index (χ4n) is 2.82. The van der Waals surface area contributed by atoms with Gasteiger partial charge in [-0.3, -0.25) is 14.7 Å². The first-order chi connectivity index (χ1) is 14.0. The zero-order valence-electron chi connectivity index (χ0n) is 14.9. The number of carbonyl (C=O) groups excluding carboxylic acids is 1. The Kier molecular flexibility index (Phi) is 4.74. The Morgan fingerprint density at radius 2 is 1.86 bits per heavy atom. The van der Waals surface area contributed by atoms with Crippen LogP contribution in [0.25, 0.3) is 23.1 Å². The topological polar surface area (TPSA) is 90.6 Å². The summed E-state index contributed by atoms with van der Waals surface area (Å²) < 4.78 is 27.4. The molecule has 1 amide bonds. The van der Waals surface area contributed by atoms with Gasteiger partial charge in [0.15, 0.2) is 0 Å². The van der Waals surface area contributed by atoms with E-state index >= 15 is 0 Å². The number of amides is 1. The van der Waals surface area contributed by atoms with E-state index in [1.807, 2.05) is 0 Å². The summed E-state index contributed by atoms with van der Waals surface area (Å²) in [6.45, 7) is 0. The fraction of sp³-hybridized carbons (Fsp3) is 0. The summed E-state index contributed by atoms with van der Waals surface area (Å²) in [5, 5.41) is 9.85. The van der Waals surface area contributed by atoms with Gasteiger partial charge in [0.25, 0.3) is 11.5 Å². The molecule has 0 aliphatic heterocycles. The Labute approximate surface area is 162 Å². The average Bonchev–Trinajstić information content (AvgIpc) is 3.09. The summed E-state index contributed by atoms with van der Waals surface area (Å²) in [5.74, 6) is -1.73. The molecular weight excluding hydrogens is 378 g/mol. The molecule has 0 atom stereocenters. The molecule has 2 aromatic heterocycles. The number of rotatable bonds is 4. The number of nitrogens with zero attached hydrogens (tertiary/aromatic N) is 1. The molecule has 0 saturated carbocycles. The highest BCUT2D eigenvalue weighted by Crippen LogP contribution is 2.25. The molecule has 2 aromatic carbocycles. The van der Waals surface area contributed by atoms with Crippen molar-refractivity contribution in [2.45, 2.75) is 0 Å². The van der Waals surface area contributed by atoms with Crippen molar-refractivity contribution in [3.8, 4) is 0 Å². The first-order valence-electron chi connectivity index (χ1n) is 8.61. The number of anilines is 1. The van der Waals surface area contributed by atoms with Gasteiger partial charge in [-0.25, -0.2) is 8.78 Å². The zero-order chi connectivity index (χ0) is 20.4. The lowest BCUT2D eigenvalue weighted by molar-refractivity contribution is 0.102. The third-order valence-corrected chi connectivity index (χ3v) is 4.29. The lowest BCUT2D eigenvalue weighted by Crippen LogP contribution is -2.22. The van der Waals surface area contributed by atoms with Gasteiger partial charge in [0.1, 0.15) is 17.2 Å². The Morgan fingerprint density at radius 3 is 2.62 bits per heavy atom. The van der Waals surface area contributed by atoms with Crippen molar-refractivity contribution in [3.05, 3.63) is 93.5 Å². The van der Waals surface area contributed by atoms with E-state index in [-0.39, 0.29) is 17.1 Å². The molecule has 4 aromatic rings. The summed E-state index contributed by atoms with van der Waals surface area (Å²) >= 11 is 0. The SMILES string of the molecule is O=C(Nc1cc2c(/C=C/c3ccc(F)cc3)n[nH]c2cc1F)c1ccc[nH]c1=O. The Morgan fingerprint density at radius 1 is 1.07 bits per heavy atom. The summed E-state index contributed by atoms with van der Waals surface area (Å²) in [5.41, 5.74) is 0.938. The van der Waals surface area contributed by atoms with Crippen LogP contribution in [0.1, 0.15) is 21.6 Å². The van der Waals surface area contributed by atoms with Gasteiger partial charge in [-0.05, 0) is 42.0 Å². The van der Waals surface area contributed by atoms with Gasteiger partial charge < -0.3 is 10.3 Å². The predicted molar refractivity (Wildman–Crippen MR) is 106 cm³/mol. The minimum atomic E-state index is -0.725. The normalized spacial score (nSPS) is 11.2. The molecule has 0 spiro atoms. The molecule has 6 nitrogen and oxygen atoms in total. The molecule has 29 heavy (non-hydrogen) atoms. The number of nitrogens with one attached hydrogen (secondary N) is 3. The van der Waals surface area contributed by atoms with Crippen molar-refractivity contribution >= 4 is 34.6 Å². The molecule has 3 N–H and O–H groups in total. The number of aromatic nitrogens is 3. The van der Waals surface area contributed by atoms with Crippen LogP contribution in [-0.4, -0.2) is 21.1 Å². The van der Waals surface area contributed by atoms with Crippen LogP contribution in [0.3, 0.4) is 0 Å². The third-order valence-electron chi connectivity index (χ3n) is 4.29. The standard InChI is InChI=1S/C21H14F2N4O2/c22-13-6-3-12(4-7-13)5-8-17-15-10-19(16(23)11-18(15)27-26-17)25-21(29)14-2-1-9-24-20(14)28/h1-11H,(H,24,28)(H,25,29)(H,26,27)/b8-5+. The van der Waals surface area contributed by atoms with Crippen molar-refractivity contribution in [2.75, 3.05) is 5.32 Å². The minimum absolute atomic E-state index is 0.0800. The number of fused-ring (bicyclic) bond motifs is 1. The first-order valence-corrected chi connectivity index (χ1v) is 8.61. The van der Waals surface area contributed by atoms with E-state index in [4.69, 9.17) is 0 Å². The maximum Gasteiger partial charge on any atom is 0.261 e. The number of carbonyl (C=O) groups is 1. The Hall–Kier alpha value is -4.07. The molecule has 0 bridgehead atoms. The molecule has 0 fully saturated rings. The van der Waals surface area contributed by atoms with E-state index in [1.54, 1.807) is 24.3 Å². The van der Waals surface area contributed by atoms with E-state index in [2.05, 4.69) is 20.5 Å². The maximum atomic E-state index is 14.4. The lowest BCUT2D eigenvalue weighted by Gasteiger charge is -2.06. The molecule has 0 unspecified atom stereocenters. The van der Waals surface area contributed by atoms with Crippen LogP contribution >= 0.6 is 0 Å². The van der Waals surface area contributed by atoms with Crippen LogP contribution in [0.4, 0.5) is 14.5 Å². The average molecular weight is 392 g/mol. The number of benzene rings is 2. The van der Waals surface area contributed by atoms with Gasteiger partial charge in [-0.1, -0.05) is 18.2 Å². The number of aromatic amines is 2. The quantitative estimate of drug-likeness (QED) is 0.491. The molecule has 0 aliphatic carbocycles. The zero-order valence-corrected chi connectivity index (χ0v) is 14.9. The molecule has 0 aliphatic rings. The van der Waals surface area contributed by atoms with E-state index in [1.165, 1.54) is 42.6 Å². The van der Waals surface area contributed by atoms with Crippen molar-refractivity contribution in [2.24, 2.45) is 0 Å². The summed E-state index contributed by atoms with van der Waals surface area (Å²) in [6, 6.07) is 11.4. The highest BCUT2D eigenvalue weighted by atomic mass is 19.1. The second-order valence-corrected chi connectivity index (χ2v) is 6.24. The molecule has 0 saturated heterocycles. The number of H-pyrrole nitrogens is 2. The smallest absolute Gasteiger partial charge is 0.261 e. The van der Waals surface area contributed by atoms with Gasteiger partial charge in [-0.15, -0.1) is 0 Å². The van der Waals surface area contributed by atoms with Crippen molar-refractivity contribution in [1.82, 2.24) is 15.2 Å². The van der Waals surface area contributed by atoms with E-state index in [0.717, 1.165) is 5.56 Å². The van der Waals surface area contributed by atoms with Gasteiger partial charge in [-0.2, -0.15) is 5.10 Å². The summed E-state index contributed by atoms with van der Waals surface area (Å²) in [7, 11) is 0. The molecule has 2 heterocycles. The third kappa shape index (κ3) is 3.81. The number of hydrogen-bond acceptors (Lipinski definition) is 3. The van der Waals surface area contributed by atoms with Crippen LogP contribution in [0.15, 0.2) is 59.5 Å². The molecule has 4 rings (SSSR count). The number of pyridine rings is 1. The second-order valence-electron chi connectivity index (χ2n) is 6.24. The van der Waals surface area contributed by atoms with Gasteiger partial charge in [0.05, 0.1) is 16.9 Å². The van der Waals surface area contributed by atoms with Crippen LogP contribution in [-0.2, 0) is 0 Å². The first kappa shape index (κ1) is 18.3. The fourth-order valence-corrected chi connectivity index (χ4v) is 2.82.